The summed E-state index contributed by atoms with van der Waals surface area (Å²) in [6, 6.07) is 17.2. The van der Waals surface area contributed by atoms with Crippen molar-refractivity contribution in [2.75, 3.05) is 19.4 Å². The molecular weight excluding hydrogens is 488 g/mol. The summed E-state index contributed by atoms with van der Waals surface area (Å²) in [5, 5.41) is 16.7. The van der Waals surface area contributed by atoms with Crippen LogP contribution in [-0.4, -0.2) is 37.9 Å². The quantitative estimate of drug-likeness (QED) is 0.352. The normalized spacial score (nSPS) is 12.4. The molecule has 3 rings (SSSR count). The van der Waals surface area contributed by atoms with E-state index in [0.717, 1.165) is 5.56 Å². The molecule has 4 N–H and O–H groups in total. The lowest BCUT2D eigenvalue weighted by Crippen LogP contribution is -2.26. The molecule has 0 aliphatic heterocycles. The van der Waals surface area contributed by atoms with Gasteiger partial charge in [0.05, 0.1) is 17.0 Å². The average Bonchev–Trinajstić information content (AvgIpc) is 2.83. The van der Waals surface area contributed by atoms with Gasteiger partial charge in [-0.15, -0.1) is 0 Å². The summed E-state index contributed by atoms with van der Waals surface area (Å²) in [4.78, 5) is 11.9. The van der Waals surface area contributed by atoms with Crippen molar-refractivity contribution in [2.24, 2.45) is 5.11 Å². The first-order valence-corrected chi connectivity index (χ1v) is 12.6. The van der Waals surface area contributed by atoms with Crippen LogP contribution in [0.1, 0.15) is 34.6 Å². The van der Waals surface area contributed by atoms with Gasteiger partial charge < -0.3 is 10.4 Å². The topological polar surface area (TPSA) is 125 Å². The summed E-state index contributed by atoms with van der Waals surface area (Å²) < 4.78 is 27.4. The molecule has 0 aliphatic carbocycles. The first-order valence-electron chi connectivity index (χ1n) is 10.8. The zero-order valence-electron chi connectivity index (χ0n) is 19.7. The predicted molar refractivity (Wildman–Crippen MR) is 135 cm³/mol. The third-order valence-corrected chi connectivity index (χ3v) is 7.94. The first kappa shape index (κ1) is 26.3. The number of benzene rings is 3. The van der Waals surface area contributed by atoms with Gasteiger partial charge in [0, 0.05) is 31.6 Å². The van der Waals surface area contributed by atoms with Crippen LogP contribution in [0.5, 0.6) is 0 Å². The predicted octanol–water partition coefficient (Wildman–Crippen LogP) is 3.96. The average molecular weight is 516 g/mol. The smallest absolute Gasteiger partial charge is 0.304 e. The van der Waals surface area contributed by atoms with E-state index in [-0.39, 0.29) is 17.9 Å². The maximum Gasteiger partial charge on any atom is 0.304 e. The minimum absolute atomic E-state index is 0.0187. The van der Waals surface area contributed by atoms with Crippen LogP contribution in [-0.2, 0) is 21.4 Å². The monoisotopic (exact) mass is 515 g/mol. The number of aryl methyl sites for hydroxylation is 1. The summed E-state index contributed by atoms with van der Waals surface area (Å²) in [5.41, 5.74) is 9.53. The molecule has 184 valence electrons. The molecule has 3 aromatic rings. The third-order valence-electron chi connectivity index (χ3n) is 5.77. The number of anilines is 1. The van der Waals surface area contributed by atoms with E-state index < -0.39 is 21.9 Å². The zero-order valence-corrected chi connectivity index (χ0v) is 21.3. The molecule has 0 saturated heterocycles. The Hall–Kier alpha value is -3.27. The van der Waals surface area contributed by atoms with Gasteiger partial charge in [0.2, 0.25) is 10.0 Å². The highest BCUT2D eigenvalue weighted by Gasteiger charge is 2.24. The Morgan fingerprint density at radius 3 is 2.46 bits per heavy atom. The molecule has 3 aromatic carbocycles. The van der Waals surface area contributed by atoms with E-state index in [4.69, 9.17) is 17.1 Å². The zero-order chi connectivity index (χ0) is 25.8. The molecule has 0 heterocycles. The Bertz CT molecular complexity index is 1360. The number of nitrogens with one attached hydrogen (secondary N) is 1. The lowest BCUT2D eigenvalue weighted by molar-refractivity contribution is -0.210. The maximum absolute atomic E-state index is 13.1. The van der Waals surface area contributed by atoms with Crippen molar-refractivity contribution in [3.05, 3.63) is 87.9 Å². The summed E-state index contributed by atoms with van der Waals surface area (Å²) in [7, 11) is -0.522. The van der Waals surface area contributed by atoms with Crippen LogP contribution in [0.2, 0.25) is 5.02 Å². The second kappa shape index (κ2) is 11.0. The number of carbonyl (C=O) groups is 1. The standard InChI is InChI=1S/C25H27ClN4O4S/c1-16-5-4-6-20(11-16)35(33,34)30(3)15-19-12-17(7-9-22(19)26)21(14-25(31)32)18-8-10-23(28-2)24(13-18)29-27/h4-13,21,27-28H,14-15H2,1-3H3,(H,31,32)/p+1. The fraction of sp³-hybridized carbons (Fsp3) is 0.240. The fourth-order valence-corrected chi connectivity index (χ4v) is 5.33. The van der Waals surface area contributed by atoms with Gasteiger partial charge in [0.15, 0.2) is 5.69 Å². The molecule has 0 spiro atoms. The molecule has 0 amide bonds. The summed E-state index contributed by atoms with van der Waals surface area (Å²) in [6.07, 6.45) is -0.179. The van der Waals surface area contributed by atoms with Crippen molar-refractivity contribution in [1.82, 2.24) is 4.31 Å². The maximum atomic E-state index is 13.1. The van der Waals surface area contributed by atoms with E-state index >= 15 is 0 Å². The van der Waals surface area contributed by atoms with E-state index in [1.807, 2.05) is 19.1 Å². The molecule has 0 radical (unpaired) electrons. The van der Waals surface area contributed by atoms with Crippen LogP contribution >= 0.6 is 11.6 Å². The summed E-state index contributed by atoms with van der Waals surface area (Å²) >= 11 is 6.43. The van der Waals surface area contributed by atoms with Gasteiger partial charge in [-0.2, -0.15) is 9.84 Å². The number of hydrogen-bond acceptors (Lipinski definition) is 5. The number of carboxylic acids is 1. The van der Waals surface area contributed by atoms with Crippen LogP contribution in [0.3, 0.4) is 0 Å². The molecule has 1 unspecified atom stereocenters. The van der Waals surface area contributed by atoms with E-state index in [2.05, 4.69) is 10.4 Å². The fourth-order valence-electron chi connectivity index (χ4n) is 3.90. The first-order chi connectivity index (χ1) is 16.6. The molecule has 0 fully saturated rings. The SMILES string of the molecule is CNc1ccc(C(CC(=O)O)c2ccc(Cl)c(CN(C)S(=O)(=O)c3cccc(C)c3)c2)cc1N=[NH2+]. The molecular formula is C25H28ClN4O4S+. The highest BCUT2D eigenvalue weighted by molar-refractivity contribution is 7.89. The second-order valence-corrected chi connectivity index (χ2v) is 10.7. The number of nitrogens with zero attached hydrogens (tertiary/aromatic N) is 2. The molecule has 0 aliphatic rings. The van der Waals surface area contributed by atoms with Crippen LogP contribution < -0.4 is 10.8 Å². The minimum Gasteiger partial charge on any atom is -0.481 e. The molecule has 8 nitrogen and oxygen atoms in total. The van der Waals surface area contributed by atoms with Crippen LogP contribution in [0, 0.1) is 6.92 Å². The van der Waals surface area contributed by atoms with Gasteiger partial charge in [0.25, 0.3) is 0 Å². The Labute approximate surface area is 210 Å². The lowest BCUT2D eigenvalue weighted by Gasteiger charge is -2.21. The molecule has 0 bridgehead atoms. The van der Waals surface area contributed by atoms with Crippen molar-refractivity contribution >= 4 is 39.0 Å². The minimum atomic E-state index is -3.75. The van der Waals surface area contributed by atoms with Gasteiger partial charge in [-0.3, -0.25) is 4.79 Å². The van der Waals surface area contributed by atoms with Crippen LogP contribution in [0.25, 0.3) is 0 Å². The Morgan fingerprint density at radius 2 is 1.83 bits per heavy atom. The van der Waals surface area contributed by atoms with E-state index in [0.29, 0.717) is 33.1 Å². The van der Waals surface area contributed by atoms with E-state index in [1.54, 1.807) is 55.6 Å². The van der Waals surface area contributed by atoms with Crippen molar-refractivity contribution in [1.29, 1.82) is 0 Å². The number of halogens is 1. The molecule has 35 heavy (non-hydrogen) atoms. The third kappa shape index (κ3) is 6.05. The molecule has 10 heteroatoms. The number of rotatable bonds is 10. The van der Waals surface area contributed by atoms with Gasteiger partial charge in [-0.25, -0.2) is 8.42 Å². The van der Waals surface area contributed by atoms with Crippen molar-refractivity contribution in [3.8, 4) is 0 Å². The number of aliphatic carboxylic acids is 1. The van der Waals surface area contributed by atoms with Gasteiger partial charge in [-0.1, -0.05) is 41.9 Å². The highest BCUT2D eigenvalue weighted by Crippen LogP contribution is 2.35. The second-order valence-electron chi connectivity index (χ2n) is 8.23. The Morgan fingerprint density at radius 1 is 1.14 bits per heavy atom. The van der Waals surface area contributed by atoms with Crippen molar-refractivity contribution in [2.45, 2.75) is 30.7 Å². The molecule has 1 atom stereocenters. The van der Waals surface area contributed by atoms with E-state index in [9.17, 15) is 18.3 Å². The lowest BCUT2D eigenvalue weighted by atomic mass is 9.87. The van der Waals surface area contributed by atoms with Crippen molar-refractivity contribution in [3.63, 3.8) is 0 Å². The number of carboxylic acid groups (broad SMARTS) is 1. The van der Waals surface area contributed by atoms with E-state index in [1.165, 1.54) is 11.4 Å². The van der Waals surface area contributed by atoms with Crippen LogP contribution in [0.4, 0.5) is 11.4 Å². The van der Waals surface area contributed by atoms with Gasteiger partial charge in [-0.05, 0) is 64.6 Å². The number of sulfonamides is 1. The summed E-state index contributed by atoms with van der Waals surface area (Å²) in [5.74, 6) is -1.50. The van der Waals surface area contributed by atoms with Gasteiger partial charge >= 0.3 is 5.97 Å². The van der Waals surface area contributed by atoms with Crippen molar-refractivity contribution < 1.29 is 23.8 Å². The summed E-state index contributed by atoms with van der Waals surface area (Å²) in [6.45, 7) is 1.85. The number of hydrogen-bond donors (Lipinski definition) is 3. The highest BCUT2D eigenvalue weighted by atomic mass is 35.5. The number of nitrogens with two attached hydrogens (primary N) is 1. The Kier molecular flexibility index (Phi) is 8.26. The van der Waals surface area contributed by atoms with Crippen LogP contribution in [0.15, 0.2) is 70.7 Å². The largest absolute Gasteiger partial charge is 0.481 e. The molecule has 0 saturated carbocycles. The van der Waals surface area contributed by atoms with Gasteiger partial charge in [0.1, 0.15) is 0 Å². The molecule has 0 aromatic heterocycles. The Balaban J connectivity index is 1.99.